The Balaban J connectivity index is 1.63. The quantitative estimate of drug-likeness (QED) is 0.332. The van der Waals surface area contributed by atoms with Crippen LogP contribution >= 0.6 is 0 Å². The van der Waals surface area contributed by atoms with Crippen molar-refractivity contribution in [3.63, 3.8) is 0 Å². The Morgan fingerprint density at radius 2 is 1.35 bits per heavy atom. The first-order valence-electron chi connectivity index (χ1n) is 10.6. The van der Waals surface area contributed by atoms with Crippen LogP contribution in [-0.2, 0) is 0 Å². The summed E-state index contributed by atoms with van der Waals surface area (Å²) in [5, 5.41) is 6.29. The van der Waals surface area contributed by atoms with Crippen molar-refractivity contribution in [2.75, 3.05) is 5.32 Å². The predicted molar refractivity (Wildman–Crippen MR) is 130 cm³/mol. The Labute approximate surface area is 183 Å². The summed E-state index contributed by atoms with van der Waals surface area (Å²) < 4.78 is 0. The molecule has 1 heterocycles. The fourth-order valence-corrected chi connectivity index (χ4v) is 4.07. The average molecular weight is 401 g/mol. The molecule has 2 heteroatoms. The molecule has 1 N–H and O–H groups in total. The first kappa shape index (κ1) is 19.1. The normalized spacial score (nSPS) is 11.9. The van der Waals surface area contributed by atoms with Gasteiger partial charge < -0.3 is 5.32 Å². The van der Waals surface area contributed by atoms with Crippen molar-refractivity contribution >= 4 is 16.5 Å². The Hall–Kier alpha value is -3.91. The highest BCUT2D eigenvalue weighted by Crippen LogP contribution is 2.33. The molecule has 0 spiro atoms. The van der Waals surface area contributed by atoms with Gasteiger partial charge in [-0.05, 0) is 35.6 Å². The smallest absolute Gasteiger partial charge is 0.0940 e. The van der Waals surface area contributed by atoms with Crippen molar-refractivity contribution in [1.82, 2.24) is 4.98 Å². The monoisotopic (exact) mass is 400 g/mol. The third-order valence-electron chi connectivity index (χ3n) is 5.69. The molecular weight excluding hydrogens is 376 g/mol. The molecule has 0 aliphatic heterocycles. The van der Waals surface area contributed by atoms with Crippen molar-refractivity contribution in [3.8, 4) is 11.3 Å². The van der Waals surface area contributed by atoms with Crippen LogP contribution in [0.1, 0.15) is 22.9 Å². The van der Waals surface area contributed by atoms with E-state index in [1.165, 1.54) is 21.9 Å². The standard InChI is InChI=1S/C29H24N2/c1-21-19-20-22-11-8-9-16-25(22)28(21)31-29(24-14-6-3-7-15-24)27-18-10-17-26(30-27)23-12-4-2-5-13-23/h2-20,29,31H,1H3/t29-/m1/s1. The number of rotatable bonds is 5. The first-order chi connectivity index (χ1) is 15.3. The van der Waals surface area contributed by atoms with Crippen LogP contribution in [0.15, 0.2) is 115 Å². The van der Waals surface area contributed by atoms with E-state index < -0.39 is 0 Å². The molecule has 31 heavy (non-hydrogen) atoms. The van der Waals surface area contributed by atoms with E-state index in [0.717, 1.165) is 22.6 Å². The van der Waals surface area contributed by atoms with Gasteiger partial charge in [0.05, 0.1) is 17.4 Å². The van der Waals surface area contributed by atoms with Gasteiger partial charge in [0.2, 0.25) is 0 Å². The second-order valence-electron chi connectivity index (χ2n) is 7.78. The Morgan fingerprint density at radius 3 is 2.16 bits per heavy atom. The van der Waals surface area contributed by atoms with Crippen molar-refractivity contribution in [3.05, 3.63) is 132 Å². The molecule has 0 saturated carbocycles. The Morgan fingerprint density at radius 1 is 0.645 bits per heavy atom. The summed E-state index contributed by atoms with van der Waals surface area (Å²) in [6.45, 7) is 2.16. The third-order valence-corrected chi connectivity index (χ3v) is 5.69. The van der Waals surface area contributed by atoms with Gasteiger partial charge >= 0.3 is 0 Å². The molecular formula is C29H24N2. The second-order valence-corrected chi connectivity index (χ2v) is 7.78. The summed E-state index contributed by atoms with van der Waals surface area (Å²) in [7, 11) is 0. The highest BCUT2D eigenvalue weighted by atomic mass is 15.0. The van der Waals surface area contributed by atoms with E-state index in [0.29, 0.717) is 0 Å². The summed E-state index contributed by atoms with van der Waals surface area (Å²) in [6.07, 6.45) is 0. The van der Waals surface area contributed by atoms with Crippen molar-refractivity contribution in [1.29, 1.82) is 0 Å². The molecule has 0 saturated heterocycles. The zero-order chi connectivity index (χ0) is 21.0. The molecule has 1 aromatic heterocycles. The molecule has 0 unspecified atom stereocenters. The zero-order valence-electron chi connectivity index (χ0n) is 17.5. The second kappa shape index (κ2) is 8.45. The van der Waals surface area contributed by atoms with Crippen LogP contribution in [0.25, 0.3) is 22.0 Å². The number of fused-ring (bicyclic) bond motifs is 1. The lowest BCUT2D eigenvalue weighted by atomic mass is 9.99. The zero-order valence-corrected chi connectivity index (χ0v) is 17.5. The minimum Gasteiger partial charge on any atom is -0.372 e. The van der Waals surface area contributed by atoms with Gasteiger partial charge in [-0.1, -0.05) is 103 Å². The minimum atomic E-state index is -0.0608. The number of nitrogens with one attached hydrogen (secondary N) is 1. The molecule has 2 nitrogen and oxygen atoms in total. The molecule has 0 bridgehead atoms. The Bertz CT molecular complexity index is 1310. The maximum absolute atomic E-state index is 5.06. The molecule has 0 radical (unpaired) electrons. The maximum atomic E-state index is 5.06. The van der Waals surface area contributed by atoms with Crippen LogP contribution in [0, 0.1) is 6.92 Å². The molecule has 0 aliphatic rings. The SMILES string of the molecule is Cc1ccc2ccccc2c1N[C@H](c1ccccc1)c1cccc(-c2ccccc2)n1. The Kier molecular flexibility index (Phi) is 5.20. The molecule has 150 valence electrons. The van der Waals surface area contributed by atoms with Crippen LogP contribution < -0.4 is 5.32 Å². The lowest BCUT2D eigenvalue weighted by molar-refractivity contribution is 0.889. The molecule has 0 fully saturated rings. The van der Waals surface area contributed by atoms with E-state index in [4.69, 9.17) is 4.98 Å². The number of aryl methyl sites for hydroxylation is 1. The summed E-state index contributed by atoms with van der Waals surface area (Å²) in [6, 6.07) is 40.0. The maximum Gasteiger partial charge on any atom is 0.0940 e. The van der Waals surface area contributed by atoms with E-state index in [9.17, 15) is 0 Å². The summed E-state index contributed by atoms with van der Waals surface area (Å²) in [5.74, 6) is 0. The number of pyridine rings is 1. The van der Waals surface area contributed by atoms with Gasteiger partial charge in [-0.15, -0.1) is 0 Å². The lowest BCUT2D eigenvalue weighted by Crippen LogP contribution is -2.15. The van der Waals surface area contributed by atoms with Gasteiger partial charge in [0.15, 0.2) is 0 Å². The van der Waals surface area contributed by atoms with Crippen LogP contribution in [0.2, 0.25) is 0 Å². The first-order valence-corrected chi connectivity index (χ1v) is 10.6. The van der Waals surface area contributed by atoms with E-state index in [1.807, 2.05) is 6.07 Å². The fraction of sp³-hybridized carbons (Fsp3) is 0.0690. The summed E-state index contributed by atoms with van der Waals surface area (Å²) in [4.78, 5) is 5.06. The third kappa shape index (κ3) is 3.93. The minimum absolute atomic E-state index is 0.0608. The van der Waals surface area contributed by atoms with Crippen LogP contribution in [0.4, 0.5) is 5.69 Å². The van der Waals surface area contributed by atoms with E-state index >= 15 is 0 Å². The van der Waals surface area contributed by atoms with Gasteiger partial charge in [-0.25, -0.2) is 0 Å². The summed E-state index contributed by atoms with van der Waals surface area (Å²) >= 11 is 0. The van der Waals surface area contributed by atoms with Gasteiger partial charge in [0, 0.05) is 16.6 Å². The highest BCUT2D eigenvalue weighted by molar-refractivity contribution is 5.95. The fourth-order valence-electron chi connectivity index (χ4n) is 4.07. The molecule has 5 rings (SSSR count). The van der Waals surface area contributed by atoms with Gasteiger partial charge in [-0.3, -0.25) is 4.98 Å². The molecule has 5 aromatic rings. The number of hydrogen-bond acceptors (Lipinski definition) is 2. The average Bonchev–Trinajstić information content (AvgIpc) is 2.85. The molecule has 4 aromatic carbocycles. The number of nitrogens with zero attached hydrogens (tertiary/aromatic N) is 1. The van der Waals surface area contributed by atoms with Crippen molar-refractivity contribution in [2.24, 2.45) is 0 Å². The predicted octanol–water partition coefficient (Wildman–Crippen LogP) is 7.41. The van der Waals surface area contributed by atoms with Gasteiger partial charge in [0.25, 0.3) is 0 Å². The van der Waals surface area contributed by atoms with Crippen LogP contribution in [-0.4, -0.2) is 4.98 Å². The molecule has 0 aliphatic carbocycles. The van der Waals surface area contributed by atoms with Gasteiger partial charge in [-0.2, -0.15) is 0 Å². The topological polar surface area (TPSA) is 24.9 Å². The summed E-state index contributed by atoms with van der Waals surface area (Å²) in [5.41, 5.74) is 6.66. The number of aromatic nitrogens is 1. The highest BCUT2D eigenvalue weighted by Gasteiger charge is 2.18. The van der Waals surface area contributed by atoms with E-state index in [-0.39, 0.29) is 6.04 Å². The molecule has 0 amide bonds. The van der Waals surface area contributed by atoms with Crippen molar-refractivity contribution in [2.45, 2.75) is 13.0 Å². The largest absolute Gasteiger partial charge is 0.372 e. The number of hydrogen-bond donors (Lipinski definition) is 1. The van der Waals surface area contributed by atoms with E-state index in [1.54, 1.807) is 0 Å². The van der Waals surface area contributed by atoms with Gasteiger partial charge in [0.1, 0.15) is 0 Å². The van der Waals surface area contributed by atoms with Crippen LogP contribution in [0.3, 0.4) is 0 Å². The van der Waals surface area contributed by atoms with Crippen LogP contribution in [0.5, 0.6) is 0 Å². The number of benzene rings is 4. The number of anilines is 1. The van der Waals surface area contributed by atoms with Crippen molar-refractivity contribution < 1.29 is 0 Å². The van der Waals surface area contributed by atoms with E-state index in [2.05, 4.69) is 121 Å². The molecule has 1 atom stereocenters. The lowest BCUT2D eigenvalue weighted by Gasteiger charge is -2.23.